The van der Waals surface area contributed by atoms with Gasteiger partial charge in [-0.3, -0.25) is 9.59 Å². The Morgan fingerprint density at radius 1 is 0.441 bits per heavy atom. The SMILES string of the molecule is CC(C)CCCOC(=O)CCCCCCCCCCCCCCCCC(=O)OCCCC(C)C. The van der Waals surface area contributed by atoms with Crippen LogP contribution in [0.15, 0.2) is 0 Å². The molecule has 0 spiro atoms. The van der Waals surface area contributed by atoms with E-state index in [4.69, 9.17) is 9.47 Å². The summed E-state index contributed by atoms with van der Waals surface area (Å²) in [5.74, 6) is 1.34. The van der Waals surface area contributed by atoms with Gasteiger partial charge in [-0.2, -0.15) is 0 Å². The molecule has 0 atom stereocenters. The fourth-order valence-corrected chi connectivity index (χ4v) is 4.16. The van der Waals surface area contributed by atoms with E-state index in [1.54, 1.807) is 0 Å². The normalized spacial score (nSPS) is 11.4. The van der Waals surface area contributed by atoms with Crippen LogP contribution in [-0.4, -0.2) is 25.2 Å². The second-order valence-electron chi connectivity index (χ2n) is 11.0. The van der Waals surface area contributed by atoms with Gasteiger partial charge in [0.15, 0.2) is 0 Å². The van der Waals surface area contributed by atoms with Crippen molar-refractivity contribution in [2.24, 2.45) is 11.8 Å². The quantitative estimate of drug-likeness (QED) is 0.0961. The molecule has 0 aliphatic rings. The molecule has 0 bridgehead atoms. The van der Waals surface area contributed by atoms with E-state index in [1.165, 1.54) is 64.2 Å². The summed E-state index contributed by atoms with van der Waals surface area (Å²) in [6.07, 6.45) is 22.8. The number of carbonyl (C=O) groups excluding carboxylic acids is 2. The fraction of sp³-hybridized carbons (Fsp3) is 0.933. The lowest BCUT2D eigenvalue weighted by atomic mass is 10.0. The molecular weight excluding hydrogens is 424 g/mol. The molecule has 0 amide bonds. The molecule has 0 aliphatic heterocycles. The lowest BCUT2D eigenvalue weighted by Crippen LogP contribution is -2.06. The van der Waals surface area contributed by atoms with Crippen molar-refractivity contribution in [1.29, 1.82) is 0 Å². The predicted molar refractivity (Wildman–Crippen MR) is 144 cm³/mol. The average molecular weight is 483 g/mol. The summed E-state index contributed by atoms with van der Waals surface area (Å²) in [6.45, 7) is 9.97. The van der Waals surface area contributed by atoms with Crippen molar-refractivity contribution in [1.82, 2.24) is 0 Å². The highest BCUT2D eigenvalue weighted by Gasteiger charge is 2.04. The van der Waals surface area contributed by atoms with Crippen LogP contribution in [0.5, 0.6) is 0 Å². The van der Waals surface area contributed by atoms with E-state index in [-0.39, 0.29) is 11.9 Å². The standard InChI is InChI=1S/C30H58O4/c1-27(2)21-19-25-33-29(31)23-17-15-13-11-9-7-5-6-8-10-12-14-16-18-24-30(32)34-26-20-22-28(3)4/h27-28H,5-26H2,1-4H3. The van der Waals surface area contributed by atoms with Crippen LogP contribution in [0.25, 0.3) is 0 Å². The third-order valence-corrected chi connectivity index (χ3v) is 6.39. The van der Waals surface area contributed by atoms with Crippen molar-refractivity contribution >= 4 is 11.9 Å². The first-order valence-electron chi connectivity index (χ1n) is 14.7. The highest BCUT2D eigenvalue weighted by molar-refractivity contribution is 5.69. The van der Waals surface area contributed by atoms with E-state index in [0.29, 0.717) is 37.9 Å². The summed E-state index contributed by atoms with van der Waals surface area (Å²) in [5.41, 5.74) is 0. The average Bonchev–Trinajstić information content (AvgIpc) is 2.79. The van der Waals surface area contributed by atoms with Crippen molar-refractivity contribution in [3.05, 3.63) is 0 Å². The van der Waals surface area contributed by atoms with Crippen molar-refractivity contribution in [2.45, 2.75) is 156 Å². The fourth-order valence-electron chi connectivity index (χ4n) is 4.16. The van der Waals surface area contributed by atoms with Crippen LogP contribution in [0.4, 0.5) is 0 Å². The van der Waals surface area contributed by atoms with Gasteiger partial charge in [-0.05, 0) is 50.4 Å². The lowest BCUT2D eigenvalue weighted by Gasteiger charge is -2.07. The first-order valence-corrected chi connectivity index (χ1v) is 14.7. The minimum Gasteiger partial charge on any atom is -0.466 e. The van der Waals surface area contributed by atoms with Gasteiger partial charge in [-0.15, -0.1) is 0 Å². The molecule has 0 aromatic heterocycles. The highest BCUT2D eigenvalue weighted by Crippen LogP contribution is 2.14. The topological polar surface area (TPSA) is 52.6 Å². The molecule has 0 aliphatic carbocycles. The van der Waals surface area contributed by atoms with Crippen LogP contribution in [0.2, 0.25) is 0 Å². The van der Waals surface area contributed by atoms with Gasteiger partial charge in [0.2, 0.25) is 0 Å². The van der Waals surface area contributed by atoms with Crippen LogP contribution in [0.3, 0.4) is 0 Å². The van der Waals surface area contributed by atoms with Gasteiger partial charge >= 0.3 is 11.9 Å². The molecular formula is C30H58O4. The maximum atomic E-state index is 11.7. The van der Waals surface area contributed by atoms with Crippen LogP contribution >= 0.6 is 0 Å². The minimum absolute atomic E-state index is 0.0150. The zero-order valence-corrected chi connectivity index (χ0v) is 23.3. The molecule has 0 N–H and O–H groups in total. The Morgan fingerprint density at radius 2 is 0.706 bits per heavy atom. The van der Waals surface area contributed by atoms with Gasteiger partial charge in [0.1, 0.15) is 0 Å². The molecule has 0 saturated carbocycles. The van der Waals surface area contributed by atoms with Gasteiger partial charge in [-0.1, -0.05) is 105 Å². The zero-order valence-electron chi connectivity index (χ0n) is 23.3. The number of esters is 2. The Labute approximate surface area is 212 Å². The Kier molecular flexibility index (Phi) is 24.3. The number of unbranched alkanes of at least 4 members (excludes halogenated alkanes) is 13. The first kappa shape index (κ1) is 32.9. The van der Waals surface area contributed by atoms with E-state index in [1.807, 2.05) is 0 Å². The Morgan fingerprint density at radius 3 is 0.971 bits per heavy atom. The molecule has 0 aromatic carbocycles. The molecule has 0 saturated heterocycles. The second-order valence-corrected chi connectivity index (χ2v) is 11.0. The predicted octanol–water partition coefficient (Wildman–Crippen LogP) is 9.19. The van der Waals surface area contributed by atoms with Crippen LogP contribution < -0.4 is 0 Å². The zero-order chi connectivity index (χ0) is 25.3. The summed E-state index contributed by atoms with van der Waals surface area (Å²) >= 11 is 0. The first-order chi connectivity index (χ1) is 16.4. The summed E-state index contributed by atoms with van der Waals surface area (Å²) in [4.78, 5) is 23.3. The van der Waals surface area contributed by atoms with E-state index in [9.17, 15) is 9.59 Å². The van der Waals surface area contributed by atoms with Crippen molar-refractivity contribution in [3.63, 3.8) is 0 Å². The molecule has 34 heavy (non-hydrogen) atoms. The monoisotopic (exact) mass is 482 g/mol. The molecule has 0 rings (SSSR count). The van der Waals surface area contributed by atoms with Gasteiger partial charge < -0.3 is 9.47 Å². The van der Waals surface area contributed by atoms with E-state index in [2.05, 4.69) is 27.7 Å². The van der Waals surface area contributed by atoms with E-state index >= 15 is 0 Å². The molecule has 0 unspecified atom stereocenters. The molecule has 0 radical (unpaired) electrons. The third kappa shape index (κ3) is 27.2. The minimum atomic E-state index is -0.0150. The van der Waals surface area contributed by atoms with Gasteiger partial charge in [0.05, 0.1) is 13.2 Å². The molecule has 0 aromatic rings. The molecule has 0 fully saturated rings. The van der Waals surface area contributed by atoms with E-state index < -0.39 is 0 Å². The number of hydrogen-bond donors (Lipinski definition) is 0. The maximum Gasteiger partial charge on any atom is 0.305 e. The van der Waals surface area contributed by atoms with Crippen LogP contribution in [-0.2, 0) is 19.1 Å². The molecule has 0 heterocycles. The van der Waals surface area contributed by atoms with Gasteiger partial charge in [-0.25, -0.2) is 0 Å². The maximum absolute atomic E-state index is 11.7. The number of carbonyl (C=O) groups is 2. The summed E-state index contributed by atoms with van der Waals surface area (Å²) in [6, 6.07) is 0. The second kappa shape index (κ2) is 25.0. The lowest BCUT2D eigenvalue weighted by molar-refractivity contribution is -0.144. The summed E-state index contributed by atoms with van der Waals surface area (Å²) in [5, 5.41) is 0. The van der Waals surface area contributed by atoms with Gasteiger partial charge in [0.25, 0.3) is 0 Å². The van der Waals surface area contributed by atoms with Crippen LogP contribution in [0, 0.1) is 11.8 Å². The molecule has 202 valence electrons. The Balaban J connectivity index is 3.20. The largest absolute Gasteiger partial charge is 0.466 e. The molecule has 4 nitrogen and oxygen atoms in total. The Hall–Kier alpha value is -1.06. The highest BCUT2D eigenvalue weighted by atomic mass is 16.5. The number of rotatable bonds is 25. The van der Waals surface area contributed by atoms with Crippen LogP contribution in [0.1, 0.15) is 156 Å². The van der Waals surface area contributed by atoms with Crippen molar-refractivity contribution in [3.8, 4) is 0 Å². The Bertz CT molecular complexity index is 417. The van der Waals surface area contributed by atoms with Crippen molar-refractivity contribution < 1.29 is 19.1 Å². The number of hydrogen-bond acceptors (Lipinski definition) is 4. The smallest absolute Gasteiger partial charge is 0.305 e. The third-order valence-electron chi connectivity index (χ3n) is 6.39. The number of ether oxygens (including phenoxy) is 2. The van der Waals surface area contributed by atoms with E-state index in [0.717, 1.165) is 51.4 Å². The molecule has 4 heteroatoms. The van der Waals surface area contributed by atoms with Crippen molar-refractivity contribution in [2.75, 3.05) is 13.2 Å². The summed E-state index contributed by atoms with van der Waals surface area (Å²) in [7, 11) is 0. The summed E-state index contributed by atoms with van der Waals surface area (Å²) < 4.78 is 10.6. The van der Waals surface area contributed by atoms with Gasteiger partial charge in [0, 0.05) is 12.8 Å².